The van der Waals surface area contributed by atoms with Crippen LogP contribution in [0, 0.1) is 0 Å². The molecular formula is C79H59N7S2. The Balaban J connectivity index is 0.912. The Bertz CT molecular complexity index is 5460. The smallest absolute Gasteiger partial charge is 0.238 e. The number of hydrogen-bond acceptors (Lipinski definition) is 7. The van der Waals surface area contributed by atoms with Gasteiger partial charge in [-0.3, -0.25) is 9.13 Å². The first kappa shape index (κ1) is 52.4. The van der Waals surface area contributed by atoms with Gasteiger partial charge in [0.15, 0.2) is 11.6 Å². The molecule has 17 aromatic rings. The predicted molar refractivity (Wildman–Crippen MR) is 373 cm³/mol. The third kappa shape index (κ3) is 9.01. The van der Waals surface area contributed by atoms with E-state index < -0.39 is 0 Å². The molecule has 17 rings (SSSR count). The van der Waals surface area contributed by atoms with E-state index in [4.69, 9.17) is 24.9 Å². The van der Waals surface area contributed by atoms with Crippen LogP contribution in [-0.2, 0) is 12.8 Å². The van der Waals surface area contributed by atoms with Crippen molar-refractivity contribution in [3.8, 4) is 57.2 Å². The first-order chi connectivity index (χ1) is 43.5. The molecule has 88 heavy (non-hydrogen) atoms. The fraction of sp³-hybridized carbons (Fsp3) is 0.127. The summed E-state index contributed by atoms with van der Waals surface area (Å²) in [5.41, 5.74) is 12.4. The minimum atomic E-state index is 0.573. The highest BCUT2D eigenvalue weighted by molar-refractivity contribution is 7.26. The zero-order chi connectivity index (χ0) is 58.4. The summed E-state index contributed by atoms with van der Waals surface area (Å²) in [6, 6.07) is 82.1. The molecule has 0 spiro atoms. The SMILES string of the molecule is CCCCCc1ccc2c(c1)c1cc3c(cc1n2-c1cccc(-c2cccc(-c4ccccc4)n2)n1)c1cc(CCCCC)ccc1n3-c1nc(-c2ccc3sc4cc5ccccc5cc4c3c2)nc(-c2ccc3sc4cc5ccccc5cc4c3c2)n1. The van der Waals surface area contributed by atoms with Crippen molar-refractivity contribution in [2.24, 2.45) is 0 Å². The second-order valence-corrected chi connectivity index (χ2v) is 25.8. The van der Waals surface area contributed by atoms with Gasteiger partial charge in [-0.05, 0) is 180 Å². The lowest BCUT2D eigenvalue weighted by Gasteiger charge is -2.12. The molecule has 422 valence electrons. The van der Waals surface area contributed by atoms with E-state index in [0.717, 1.165) is 110 Å². The van der Waals surface area contributed by atoms with Crippen molar-refractivity contribution in [1.29, 1.82) is 0 Å². The summed E-state index contributed by atoms with van der Waals surface area (Å²) in [5.74, 6) is 2.66. The molecule has 0 radical (unpaired) electrons. The lowest BCUT2D eigenvalue weighted by atomic mass is 10.0. The highest BCUT2D eigenvalue weighted by atomic mass is 32.1. The second kappa shape index (κ2) is 21.5. The molecule has 0 amide bonds. The first-order valence-corrected chi connectivity index (χ1v) is 32.6. The Morgan fingerprint density at radius 2 is 0.784 bits per heavy atom. The van der Waals surface area contributed by atoms with Crippen LogP contribution in [0.5, 0.6) is 0 Å². The number of rotatable bonds is 14. The van der Waals surface area contributed by atoms with Gasteiger partial charge in [-0.2, -0.15) is 9.97 Å². The molecular weight excluding hydrogens is 1110 g/mol. The largest absolute Gasteiger partial charge is 0.294 e. The molecule has 9 heteroatoms. The number of benzene rings is 10. The van der Waals surface area contributed by atoms with E-state index in [0.29, 0.717) is 17.6 Å². The summed E-state index contributed by atoms with van der Waals surface area (Å²) in [5, 5.41) is 14.4. The van der Waals surface area contributed by atoms with Crippen molar-refractivity contribution in [3.05, 3.63) is 236 Å². The fourth-order valence-electron chi connectivity index (χ4n) is 13.5. The van der Waals surface area contributed by atoms with Crippen LogP contribution >= 0.6 is 22.7 Å². The molecule has 0 unspecified atom stereocenters. The summed E-state index contributed by atoms with van der Waals surface area (Å²) in [4.78, 5) is 27.5. The zero-order valence-electron chi connectivity index (χ0n) is 49.0. The Morgan fingerprint density at radius 1 is 0.307 bits per heavy atom. The Kier molecular flexibility index (Phi) is 12.8. The first-order valence-electron chi connectivity index (χ1n) is 31.0. The van der Waals surface area contributed by atoms with Crippen LogP contribution in [0.3, 0.4) is 0 Å². The second-order valence-electron chi connectivity index (χ2n) is 23.6. The minimum Gasteiger partial charge on any atom is -0.294 e. The van der Waals surface area contributed by atoms with Gasteiger partial charge in [0.2, 0.25) is 5.95 Å². The van der Waals surface area contributed by atoms with E-state index in [1.165, 1.54) is 97.7 Å². The van der Waals surface area contributed by atoms with Crippen molar-refractivity contribution in [1.82, 2.24) is 34.1 Å². The zero-order valence-corrected chi connectivity index (χ0v) is 50.6. The molecule has 0 aliphatic rings. The quantitative estimate of drug-likeness (QED) is 0.101. The summed E-state index contributed by atoms with van der Waals surface area (Å²) in [7, 11) is 0. The van der Waals surface area contributed by atoms with Gasteiger partial charge in [0, 0.05) is 78.6 Å². The van der Waals surface area contributed by atoms with E-state index >= 15 is 0 Å². The van der Waals surface area contributed by atoms with Crippen molar-refractivity contribution in [2.45, 2.75) is 65.2 Å². The lowest BCUT2D eigenvalue weighted by Crippen LogP contribution is -2.06. The van der Waals surface area contributed by atoms with Gasteiger partial charge in [0.1, 0.15) is 5.82 Å². The maximum Gasteiger partial charge on any atom is 0.238 e. The number of pyridine rings is 2. The van der Waals surface area contributed by atoms with Crippen molar-refractivity contribution in [2.75, 3.05) is 0 Å². The van der Waals surface area contributed by atoms with E-state index in [2.05, 4.69) is 241 Å². The van der Waals surface area contributed by atoms with Crippen LogP contribution in [0.25, 0.3) is 163 Å². The van der Waals surface area contributed by atoms with Gasteiger partial charge in [-0.25, -0.2) is 15.0 Å². The standard InChI is InChI=1S/C79H59N7S2/c1-3-5-8-18-48-30-34-68-57(38-48)59-47-71-60(46-70(59)85(68)76-29-17-28-67(81-76)66-27-16-26-65(80-66)50-20-10-7-11-21-50)58-39-49(19-9-6-4-2)31-35-69(58)86(71)79-83-77(55-32-36-72-61(42-55)63-40-51-22-12-14-24-53(51)44-74(63)87-72)82-78(84-79)56-33-37-73-62(43-56)64-41-52-23-13-15-25-54(52)45-75(64)88-73/h7,10-17,20-47H,3-6,8-9,18-19H2,1-2H3. The van der Waals surface area contributed by atoms with Crippen molar-refractivity contribution in [3.63, 3.8) is 0 Å². The van der Waals surface area contributed by atoms with Gasteiger partial charge < -0.3 is 0 Å². The summed E-state index contributed by atoms with van der Waals surface area (Å²) in [6.45, 7) is 4.56. The van der Waals surface area contributed by atoms with Gasteiger partial charge in [0.25, 0.3) is 0 Å². The molecule has 0 bridgehead atoms. The Labute approximate surface area is 516 Å². The van der Waals surface area contributed by atoms with Crippen LogP contribution in [0.1, 0.15) is 63.5 Å². The molecule has 0 atom stereocenters. The maximum absolute atomic E-state index is 5.65. The maximum atomic E-state index is 5.65. The third-order valence-corrected chi connectivity index (χ3v) is 20.2. The molecule has 7 nitrogen and oxygen atoms in total. The average molecular weight is 1170 g/mol. The van der Waals surface area contributed by atoms with Crippen molar-refractivity contribution < 1.29 is 0 Å². The molecule has 0 aliphatic heterocycles. The van der Waals surface area contributed by atoms with Crippen LogP contribution < -0.4 is 0 Å². The number of aromatic nitrogens is 7. The third-order valence-electron chi connectivity index (χ3n) is 18.0. The summed E-state index contributed by atoms with van der Waals surface area (Å²) >= 11 is 3.67. The van der Waals surface area contributed by atoms with Gasteiger partial charge in [-0.1, -0.05) is 143 Å². The van der Waals surface area contributed by atoms with E-state index in [1.54, 1.807) is 0 Å². The molecule has 0 saturated heterocycles. The Hall–Kier alpha value is -9.93. The van der Waals surface area contributed by atoms with Gasteiger partial charge >= 0.3 is 0 Å². The van der Waals surface area contributed by atoms with Gasteiger partial charge in [0.05, 0.1) is 39.1 Å². The number of aryl methyl sites for hydroxylation is 2. The van der Waals surface area contributed by atoms with Crippen LogP contribution in [0.15, 0.2) is 224 Å². The normalized spacial score (nSPS) is 12.1. The highest BCUT2D eigenvalue weighted by Crippen LogP contribution is 2.44. The number of nitrogens with zero attached hydrogens (tertiary/aromatic N) is 7. The number of hydrogen-bond donors (Lipinski definition) is 0. The van der Waals surface area contributed by atoms with Crippen LogP contribution in [0.4, 0.5) is 0 Å². The number of fused-ring (bicyclic) bond motifs is 14. The Morgan fingerprint density at radius 3 is 1.35 bits per heavy atom. The topological polar surface area (TPSA) is 74.3 Å². The van der Waals surface area contributed by atoms with Gasteiger partial charge in [-0.15, -0.1) is 22.7 Å². The van der Waals surface area contributed by atoms with Crippen LogP contribution in [-0.4, -0.2) is 34.1 Å². The lowest BCUT2D eigenvalue weighted by molar-refractivity contribution is 0.718. The number of unbranched alkanes of at least 4 members (excludes halogenated alkanes) is 4. The summed E-state index contributed by atoms with van der Waals surface area (Å²) < 4.78 is 9.69. The molecule has 10 aromatic carbocycles. The molecule has 0 fully saturated rings. The average Bonchev–Trinajstić information content (AvgIpc) is 1.61. The monoisotopic (exact) mass is 1170 g/mol. The van der Waals surface area contributed by atoms with E-state index in [1.807, 2.05) is 28.7 Å². The van der Waals surface area contributed by atoms with E-state index in [9.17, 15) is 0 Å². The minimum absolute atomic E-state index is 0.573. The molecule has 0 saturated carbocycles. The predicted octanol–water partition coefficient (Wildman–Crippen LogP) is 22.0. The van der Waals surface area contributed by atoms with Crippen LogP contribution in [0.2, 0.25) is 0 Å². The van der Waals surface area contributed by atoms with Crippen molar-refractivity contribution >= 4 is 128 Å². The summed E-state index contributed by atoms with van der Waals surface area (Å²) in [6.07, 6.45) is 8.99. The molecule has 0 aliphatic carbocycles. The molecule has 7 heterocycles. The molecule has 7 aromatic heterocycles. The van der Waals surface area contributed by atoms with E-state index in [-0.39, 0.29) is 0 Å². The fourth-order valence-corrected chi connectivity index (χ4v) is 15.8. The highest BCUT2D eigenvalue weighted by Gasteiger charge is 2.24. The number of thiophene rings is 2. The molecule has 0 N–H and O–H groups in total.